The summed E-state index contributed by atoms with van der Waals surface area (Å²) in [6.45, 7) is 4.54. The Morgan fingerprint density at radius 3 is 1.05 bits per heavy atom. The Bertz CT molecular complexity index is 1150. The number of carbonyl (C=O) groups excluding carboxylic acids is 1. The van der Waals surface area contributed by atoms with Gasteiger partial charge in [0.25, 0.3) is 0 Å². The first-order chi connectivity index (χ1) is 27.3. The maximum Gasteiger partial charge on any atom is 2.00 e. The van der Waals surface area contributed by atoms with Gasteiger partial charge in [-0.2, -0.15) is 0 Å². The topological polar surface area (TPSA) is 121 Å². The molecule has 0 bridgehead atoms. The van der Waals surface area contributed by atoms with Crippen LogP contribution in [0.4, 0.5) is 0 Å². The predicted octanol–water partition coefficient (Wildman–Crippen LogP) is 13.4. The van der Waals surface area contributed by atoms with Crippen LogP contribution in [0.15, 0.2) is 36.4 Å². The molecule has 2 aromatic carbocycles. The third-order valence-corrected chi connectivity index (χ3v) is 11.3. The monoisotopic (exact) mass is 803 g/mol. The van der Waals surface area contributed by atoms with Gasteiger partial charge in [-0.05, 0) is 42.9 Å². The van der Waals surface area contributed by atoms with Crippen molar-refractivity contribution in [2.24, 2.45) is 0 Å². The average molecular weight is 804 g/mol. The second-order valence-corrected chi connectivity index (χ2v) is 16.3. The summed E-state index contributed by atoms with van der Waals surface area (Å²) in [5.74, 6) is -2.87. The van der Waals surface area contributed by atoms with Gasteiger partial charge in [0.2, 0.25) is 0 Å². The zero-order valence-electron chi connectivity index (χ0n) is 36.7. The number of aromatic carboxylic acids is 2. The Balaban J connectivity index is 0.00000108. The Morgan fingerprint density at radius 1 is 0.456 bits per heavy atom. The first kappa shape index (κ1) is 54.7. The Kier molecular flexibility index (Phi) is 37.7. The molecule has 0 radical (unpaired) electrons. The molecule has 320 valence electrons. The zero-order chi connectivity index (χ0) is 40.9. The van der Waals surface area contributed by atoms with Crippen molar-refractivity contribution in [3.05, 3.63) is 58.7 Å². The normalized spacial score (nSPS) is 10.8. The van der Waals surface area contributed by atoms with Gasteiger partial charge < -0.3 is 25.2 Å². The second kappa shape index (κ2) is 39.2. The van der Waals surface area contributed by atoms with Crippen LogP contribution < -0.4 is 10.2 Å². The second-order valence-electron chi connectivity index (χ2n) is 16.3. The molecule has 0 unspecified atom stereocenters. The van der Waals surface area contributed by atoms with Crippen molar-refractivity contribution in [3.63, 3.8) is 0 Å². The number of carboxylic acids is 2. The van der Waals surface area contributed by atoms with Crippen molar-refractivity contribution in [3.8, 4) is 11.5 Å². The van der Waals surface area contributed by atoms with Gasteiger partial charge in [0.15, 0.2) is 0 Å². The summed E-state index contributed by atoms with van der Waals surface area (Å²) in [5, 5.41) is 41.9. The minimum atomic E-state index is -1.38. The third-order valence-electron chi connectivity index (χ3n) is 11.3. The van der Waals surface area contributed by atoms with Crippen LogP contribution in [0.1, 0.15) is 251 Å². The molecule has 0 aliphatic heterocycles. The summed E-state index contributed by atoms with van der Waals surface area (Å²) in [6.07, 6.45) is 44.0. The number of hydrogen-bond acceptors (Lipinski definition) is 5. The molecule has 0 aliphatic carbocycles. The standard InChI is InChI=1S/2C25H42O3.Mg/c2*1-2-3-4-5-6-7-8-9-10-11-12-13-14-15-16-17-19-22-20-18-21-23(24(22)26)25(27)28;/h2*18,20-21,26H,2-17,19H2,1H3,(H,27,28);/q;;+2/p-2. The van der Waals surface area contributed by atoms with Crippen molar-refractivity contribution in [2.45, 2.75) is 232 Å². The molecule has 6 nitrogen and oxygen atoms in total. The first-order valence-corrected chi connectivity index (χ1v) is 23.4. The van der Waals surface area contributed by atoms with E-state index in [1.807, 2.05) is 6.07 Å². The SMILES string of the molecule is CCCCCCCCCCCCCCCCCCc1cccc(C(=O)O)c1O.CCCCCCCCCCCCCCCCCCc1cccc(C(=O)[O-])c1[O-].[Mg+2]. The molecule has 0 saturated heterocycles. The van der Waals surface area contributed by atoms with Gasteiger partial charge in [-0.15, -0.1) is 0 Å². The first-order valence-electron chi connectivity index (χ1n) is 23.4. The Morgan fingerprint density at radius 2 is 0.737 bits per heavy atom. The number of unbranched alkanes of at least 4 members (excludes halogenated alkanes) is 30. The van der Waals surface area contributed by atoms with Crippen LogP contribution in [0.2, 0.25) is 0 Å². The largest absolute Gasteiger partial charge is 2.00 e. The van der Waals surface area contributed by atoms with Crippen LogP contribution in [-0.4, -0.2) is 45.2 Å². The van der Waals surface area contributed by atoms with Gasteiger partial charge in [0.1, 0.15) is 11.3 Å². The number of para-hydroxylation sites is 2. The van der Waals surface area contributed by atoms with E-state index < -0.39 is 11.9 Å². The van der Waals surface area contributed by atoms with E-state index in [1.165, 1.54) is 192 Å². The molecule has 0 heterocycles. The smallest absolute Gasteiger partial charge is 0.872 e. The van der Waals surface area contributed by atoms with E-state index in [1.54, 1.807) is 18.2 Å². The molecule has 0 fully saturated rings. The molecule has 2 rings (SSSR count). The summed E-state index contributed by atoms with van der Waals surface area (Å²) in [7, 11) is 0. The summed E-state index contributed by atoms with van der Waals surface area (Å²) in [4.78, 5) is 21.9. The summed E-state index contributed by atoms with van der Waals surface area (Å²) < 4.78 is 0. The average Bonchev–Trinajstić information content (AvgIpc) is 3.18. The van der Waals surface area contributed by atoms with Gasteiger partial charge >= 0.3 is 29.0 Å². The van der Waals surface area contributed by atoms with E-state index in [-0.39, 0.29) is 45.7 Å². The third kappa shape index (κ3) is 29.6. The van der Waals surface area contributed by atoms with Crippen molar-refractivity contribution < 1.29 is 30.0 Å². The van der Waals surface area contributed by atoms with E-state index in [9.17, 15) is 24.9 Å². The maximum absolute atomic E-state index is 12.0. The quantitative estimate of drug-likeness (QED) is 0.0523. The fourth-order valence-corrected chi connectivity index (χ4v) is 7.64. The van der Waals surface area contributed by atoms with Crippen molar-refractivity contribution >= 4 is 35.0 Å². The fraction of sp³-hybridized carbons (Fsp3) is 0.720. The van der Waals surface area contributed by atoms with Crippen LogP contribution in [-0.2, 0) is 12.8 Å². The molecular formula is C50H82MgO6. The minimum absolute atomic E-state index is 0. The van der Waals surface area contributed by atoms with Crippen LogP contribution in [0.5, 0.6) is 11.5 Å². The van der Waals surface area contributed by atoms with Crippen LogP contribution >= 0.6 is 0 Å². The molecule has 0 amide bonds. The molecular weight excluding hydrogens is 721 g/mol. The number of phenols is 1. The molecule has 0 aliphatic rings. The number of carbonyl (C=O) groups is 2. The van der Waals surface area contributed by atoms with Crippen molar-refractivity contribution in [1.82, 2.24) is 0 Å². The molecule has 0 saturated carbocycles. The van der Waals surface area contributed by atoms with E-state index >= 15 is 0 Å². The number of benzene rings is 2. The van der Waals surface area contributed by atoms with E-state index in [0.29, 0.717) is 12.0 Å². The van der Waals surface area contributed by atoms with Crippen molar-refractivity contribution in [1.29, 1.82) is 0 Å². The number of aryl methyl sites for hydroxylation is 2. The molecule has 0 spiro atoms. The van der Waals surface area contributed by atoms with Gasteiger partial charge in [0.05, 0.1) is 5.97 Å². The molecule has 2 aromatic rings. The van der Waals surface area contributed by atoms with Crippen molar-refractivity contribution in [2.75, 3.05) is 0 Å². The van der Waals surface area contributed by atoms with E-state index in [4.69, 9.17) is 5.11 Å². The molecule has 0 aromatic heterocycles. The predicted molar refractivity (Wildman–Crippen MR) is 238 cm³/mol. The number of carboxylic acid groups (broad SMARTS) is 2. The van der Waals surface area contributed by atoms with E-state index in [0.717, 1.165) is 37.7 Å². The van der Waals surface area contributed by atoms with Crippen LogP contribution in [0.3, 0.4) is 0 Å². The van der Waals surface area contributed by atoms with Gasteiger partial charge in [-0.25, -0.2) is 4.79 Å². The van der Waals surface area contributed by atoms with Gasteiger partial charge in [-0.1, -0.05) is 248 Å². The van der Waals surface area contributed by atoms with E-state index in [2.05, 4.69) is 13.8 Å². The Hall–Kier alpha value is -2.25. The fourth-order valence-electron chi connectivity index (χ4n) is 7.64. The summed E-state index contributed by atoms with van der Waals surface area (Å²) >= 11 is 0. The zero-order valence-corrected chi connectivity index (χ0v) is 38.2. The van der Waals surface area contributed by atoms with Crippen LogP contribution in [0.25, 0.3) is 0 Å². The number of hydrogen-bond donors (Lipinski definition) is 2. The van der Waals surface area contributed by atoms with Gasteiger partial charge in [-0.3, -0.25) is 0 Å². The molecule has 57 heavy (non-hydrogen) atoms. The minimum Gasteiger partial charge on any atom is -0.872 e. The molecule has 7 heteroatoms. The summed E-state index contributed by atoms with van der Waals surface area (Å²) in [5.41, 5.74) is 1.15. The van der Waals surface area contributed by atoms with Crippen LogP contribution in [0, 0.1) is 0 Å². The number of rotatable bonds is 36. The number of aromatic hydroxyl groups is 1. The maximum atomic E-state index is 12.0. The molecule has 2 N–H and O–H groups in total. The molecule has 0 atom stereocenters. The summed E-state index contributed by atoms with van der Waals surface area (Å²) in [6, 6.07) is 9.69. The Labute approximate surface area is 365 Å². The van der Waals surface area contributed by atoms with Gasteiger partial charge in [0, 0.05) is 0 Å².